The van der Waals surface area contributed by atoms with Crippen molar-refractivity contribution in [3.63, 3.8) is 0 Å². The van der Waals surface area contributed by atoms with Gasteiger partial charge in [-0.15, -0.1) is 0 Å². The van der Waals surface area contributed by atoms with Gasteiger partial charge in [0.15, 0.2) is 0 Å². The van der Waals surface area contributed by atoms with Gasteiger partial charge in [-0.1, -0.05) is 36.4 Å². The van der Waals surface area contributed by atoms with Crippen LogP contribution < -0.4 is 5.32 Å². The molecule has 1 amide bonds. The van der Waals surface area contributed by atoms with Crippen molar-refractivity contribution < 1.29 is 17.9 Å². The molecule has 0 aromatic heterocycles. The lowest BCUT2D eigenvalue weighted by atomic mass is 10.1. The topological polar surface area (TPSA) is 75.7 Å². The molecule has 3 rings (SSSR count). The number of hydrogen-bond acceptors (Lipinski definition) is 4. The molecule has 0 aliphatic carbocycles. The molecule has 0 atom stereocenters. The number of benzene rings is 2. The minimum absolute atomic E-state index is 0.186. The van der Waals surface area contributed by atoms with Crippen LogP contribution in [0.5, 0.6) is 0 Å². The predicted molar refractivity (Wildman–Crippen MR) is 108 cm³/mol. The van der Waals surface area contributed by atoms with Crippen LogP contribution in [0.4, 0.5) is 0 Å². The van der Waals surface area contributed by atoms with Gasteiger partial charge in [-0.2, -0.15) is 4.31 Å². The molecule has 0 saturated carbocycles. The molecule has 7 heteroatoms. The summed E-state index contributed by atoms with van der Waals surface area (Å²) in [5, 5.41) is 2.88. The molecule has 28 heavy (non-hydrogen) atoms. The van der Waals surface area contributed by atoms with Gasteiger partial charge in [0.05, 0.1) is 18.1 Å². The van der Waals surface area contributed by atoms with E-state index in [0.29, 0.717) is 44.0 Å². The number of nitrogens with zero attached hydrogens (tertiary/aromatic N) is 1. The van der Waals surface area contributed by atoms with E-state index < -0.39 is 10.0 Å². The largest absolute Gasteiger partial charge is 0.379 e. The molecule has 1 heterocycles. The van der Waals surface area contributed by atoms with Crippen molar-refractivity contribution in [2.24, 2.45) is 0 Å². The van der Waals surface area contributed by atoms with Crippen LogP contribution in [-0.4, -0.2) is 51.5 Å². The van der Waals surface area contributed by atoms with Crippen molar-refractivity contribution in [3.8, 4) is 0 Å². The second-order valence-electron chi connectivity index (χ2n) is 6.84. The van der Waals surface area contributed by atoms with Crippen LogP contribution in [0, 0.1) is 6.92 Å². The van der Waals surface area contributed by atoms with Crippen LogP contribution in [0.25, 0.3) is 0 Å². The highest BCUT2D eigenvalue weighted by Crippen LogP contribution is 2.22. The molecular formula is C21H26N2O4S. The molecule has 1 N–H and O–H groups in total. The number of aryl methyl sites for hydroxylation is 2. The van der Waals surface area contributed by atoms with E-state index in [-0.39, 0.29) is 10.8 Å². The van der Waals surface area contributed by atoms with Crippen LogP contribution in [0.15, 0.2) is 53.4 Å². The highest BCUT2D eigenvalue weighted by molar-refractivity contribution is 7.89. The number of carbonyl (C=O) groups excluding carboxylic acids is 1. The highest BCUT2D eigenvalue weighted by atomic mass is 32.2. The molecule has 0 spiro atoms. The third-order valence-electron chi connectivity index (χ3n) is 4.81. The van der Waals surface area contributed by atoms with Gasteiger partial charge in [-0.25, -0.2) is 8.42 Å². The second-order valence-corrected chi connectivity index (χ2v) is 8.75. The van der Waals surface area contributed by atoms with Gasteiger partial charge in [0, 0.05) is 25.2 Å². The van der Waals surface area contributed by atoms with Crippen molar-refractivity contribution in [2.75, 3.05) is 32.8 Å². The zero-order valence-electron chi connectivity index (χ0n) is 16.1. The number of ether oxygens (including phenoxy) is 1. The normalized spacial score (nSPS) is 15.3. The zero-order chi connectivity index (χ0) is 20.0. The van der Waals surface area contributed by atoms with Gasteiger partial charge in [0.1, 0.15) is 0 Å². The van der Waals surface area contributed by atoms with Gasteiger partial charge in [0.25, 0.3) is 5.91 Å². The summed E-state index contributed by atoms with van der Waals surface area (Å²) >= 11 is 0. The molecule has 2 aromatic carbocycles. The summed E-state index contributed by atoms with van der Waals surface area (Å²) in [4.78, 5) is 12.7. The maximum absolute atomic E-state index is 12.9. The molecule has 1 aliphatic rings. The number of morpholine rings is 1. The van der Waals surface area contributed by atoms with Gasteiger partial charge in [-0.3, -0.25) is 4.79 Å². The van der Waals surface area contributed by atoms with E-state index in [2.05, 4.69) is 17.4 Å². The Bertz CT molecular complexity index is 907. The molecule has 0 unspecified atom stereocenters. The number of amides is 1. The van der Waals surface area contributed by atoms with Crippen LogP contribution in [0.1, 0.15) is 27.9 Å². The van der Waals surface area contributed by atoms with Gasteiger partial charge in [0.2, 0.25) is 10.0 Å². The predicted octanol–water partition coefficient (Wildman–Crippen LogP) is 2.38. The maximum atomic E-state index is 12.9. The number of sulfonamides is 1. The van der Waals surface area contributed by atoms with Gasteiger partial charge >= 0.3 is 0 Å². The number of rotatable bonds is 7. The first-order valence-corrected chi connectivity index (χ1v) is 10.9. The van der Waals surface area contributed by atoms with Crippen molar-refractivity contribution in [1.82, 2.24) is 9.62 Å². The zero-order valence-corrected chi connectivity index (χ0v) is 16.9. The van der Waals surface area contributed by atoms with Gasteiger partial charge < -0.3 is 10.1 Å². The van der Waals surface area contributed by atoms with E-state index in [1.165, 1.54) is 15.9 Å². The van der Waals surface area contributed by atoms with E-state index in [1.807, 2.05) is 18.2 Å². The summed E-state index contributed by atoms with van der Waals surface area (Å²) in [7, 11) is -3.64. The summed E-state index contributed by atoms with van der Waals surface area (Å²) in [6, 6.07) is 14.9. The Kier molecular flexibility index (Phi) is 6.83. The molecule has 1 aliphatic heterocycles. The Morgan fingerprint density at radius 3 is 2.54 bits per heavy atom. The Labute approximate surface area is 166 Å². The molecule has 6 nitrogen and oxygen atoms in total. The summed E-state index contributed by atoms with van der Waals surface area (Å²) in [5.41, 5.74) is 2.22. The Morgan fingerprint density at radius 1 is 1.11 bits per heavy atom. The monoisotopic (exact) mass is 402 g/mol. The Hall–Kier alpha value is -2.22. The van der Waals surface area contributed by atoms with E-state index in [0.717, 1.165) is 12.8 Å². The third kappa shape index (κ3) is 4.98. The SMILES string of the molecule is Cc1ccc(C(=O)NCCCc2ccccc2)cc1S(=O)(=O)N1CCOCC1. The van der Waals surface area contributed by atoms with Crippen LogP contribution in [0.3, 0.4) is 0 Å². The highest BCUT2D eigenvalue weighted by Gasteiger charge is 2.28. The maximum Gasteiger partial charge on any atom is 0.251 e. The fourth-order valence-electron chi connectivity index (χ4n) is 3.19. The number of carbonyl (C=O) groups is 1. The fraction of sp³-hybridized carbons (Fsp3) is 0.381. The molecule has 150 valence electrons. The van der Waals surface area contributed by atoms with Crippen LogP contribution in [-0.2, 0) is 21.2 Å². The molecule has 1 fully saturated rings. The van der Waals surface area contributed by atoms with Crippen molar-refractivity contribution >= 4 is 15.9 Å². The smallest absolute Gasteiger partial charge is 0.251 e. The number of hydrogen-bond donors (Lipinski definition) is 1. The van der Waals surface area contributed by atoms with E-state index in [9.17, 15) is 13.2 Å². The minimum atomic E-state index is -3.64. The Balaban J connectivity index is 1.64. The quantitative estimate of drug-likeness (QED) is 0.722. The fourth-order valence-corrected chi connectivity index (χ4v) is 4.85. The first-order chi connectivity index (χ1) is 13.5. The lowest BCUT2D eigenvalue weighted by molar-refractivity contribution is 0.0730. The summed E-state index contributed by atoms with van der Waals surface area (Å²) < 4.78 is 32.5. The molecule has 0 radical (unpaired) electrons. The second kappa shape index (κ2) is 9.32. The van der Waals surface area contributed by atoms with Gasteiger partial charge in [-0.05, 0) is 43.0 Å². The van der Waals surface area contributed by atoms with Crippen LogP contribution >= 0.6 is 0 Å². The van der Waals surface area contributed by atoms with Crippen molar-refractivity contribution in [3.05, 3.63) is 65.2 Å². The summed E-state index contributed by atoms with van der Waals surface area (Å²) in [6.45, 7) is 3.72. The van der Waals surface area contributed by atoms with E-state index >= 15 is 0 Å². The minimum Gasteiger partial charge on any atom is -0.379 e. The first kappa shape index (κ1) is 20.5. The molecule has 2 aromatic rings. The van der Waals surface area contributed by atoms with Crippen LogP contribution in [0.2, 0.25) is 0 Å². The number of nitrogens with one attached hydrogen (secondary N) is 1. The lowest BCUT2D eigenvalue weighted by Crippen LogP contribution is -2.41. The first-order valence-electron chi connectivity index (χ1n) is 9.49. The lowest BCUT2D eigenvalue weighted by Gasteiger charge is -2.26. The molecule has 1 saturated heterocycles. The standard InChI is InChI=1S/C21H26N2O4S/c1-17-9-10-19(16-20(17)28(25,26)23-12-14-27-15-13-23)21(24)22-11-5-8-18-6-3-2-4-7-18/h2-4,6-7,9-10,16H,5,8,11-15H2,1H3,(H,22,24). The summed E-state index contributed by atoms with van der Waals surface area (Å²) in [5.74, 6) is -0.258. The van der Waals surface area contributed by atoms with Crippen molar-refractivity contribution in [2.45, 2.75) is 24.7 Å². The van der Waals surface area contributed by atoms with E-state index in [1.54, 1.807) is 19.1 Å². The average molecular weight is 403 g/mol. The van der Waals surface area contributed by atoms with Crippen molar-refractivity contribution in [1.29, 1.82) is 0 Å². The molecule has 0 bridgehead atoms. The summed E-state index contributed by atoms with van der Waals surface area (Å²) in [6.07, 6.45) is 1.70. The Morgan fingerprint density at radius 2 is 1.82 bits per heavy atom. The van der Waals surface area contributed by atoms with E-state index in [4.69, 9.17) is 4.74 Å². The third-order valence-corrected chi connectivity index (χ3v) is 6.85. The average Bonchev–Trinajstić information content (AvgIpc) is 2.72. The molecular weight excluding hydrogens is 376 g/mol.